The maximum absolute atomic E-state index is 13.5. The van der Waals surface area contributed by atoms with E-state index in [2.05, 4.69) is 12.2 Å². The number of nitrogens with zero attached hydrogens (tertiary/aromatic N) is 1. The molecule has 1 fully saturated rings. The van der Waals surface area contributed by atoms with E-state index in [0.717, 1.165) is 18.5 Å². The van der Waals surface area contributed by atoms with Gasteiger partial charge in [-0.1, -0.05) is 46.2 Å². The number of amides is 2. The zero-order valence-electron chi connectivity index (χ0n) is 22.1. The monoisotopic (exact) mass is 505 g/mol. The van der Waals surface area contributed by atoms with Gasteiger partial charge in [0, 0.05) is 24.9 Å². The second-order valence-corrected chi connectivity index (χ2v) is 10.8. The van der Waals surface area contributed by atoms with Crippen molar-refractivity contribution >= 4 is 17.5 Å². The Morgan fingerprint density at radius 2 is 1.94 bits per heavy atom. The Balaban J connectivity index is 1.58. The number of benzene rings is 1. The van der Waals surface area contributed by atoms with Gasteiger partial charge in [-0.25, -0.2) is 0 Å². The lowest BCUT2D eigenvalue weighted by Gasteiger charge is -2.38. The highest BCUT2D eigenvalue weighted by Gasteiger charge is 2.39. The summed E-state index contributed by atoms with van der Waals surface area (Å²) >= 11 is 0. The number of unbranched alkanes of at least 4 members (excludes halogenated alkanes) is 1. The third-order valence-corrected chi connectivity index (χ3v) is 6.83. The normalized spacial score (nSPS) is 20.8. The first-order chi connectivity index (χ1) is 17.1. The summed E-state index contributed by atoms with van der Waals surface area (Å²) in [6, 6.07) is 6.91. The summed E-state index contributed by atoms with van der Waals surface area (Å²) in [6.07, 6.45) is 1.14. The predicted molar refractivity (Wildman–Crippen MR) is 138 cm³/mol. The Morgan fingerprint density at radius 3 is 2.64 bits per heavy atom. The third-order valence-electron chi connectivity index (χ3n) is 6.83. The molecule has 0 saturated carbocycles. The van der Waals surface area contributed by atoms with Crippen molar-refractivity contribution in [1.82, 2.24) is 5.32 Å². The zero-order chi connectivity index (χ0) is 26.3. The SMILES string of the molecule is CCCCNC(=O)[C@H](C)C[C@H](O)[C@@H](N)CC(C)(C)CC(=O)N1CC(C2OCCO2)Oc2ccccc21. The molecule has 1 unspecified atom stereocenters. The van der Waals surface area contributed by atoms with Crippen molar-refractivity contribution in [3.8, 4) is 5.75 Å². The quantitative estimate of drug-likeness (QED) is 0.373. The summed E-state index contributed by atoms with van der Waals surface area (Å²) in [5.41, 5.74) is 6.61. The molecule has 0 aliphatic carbocycles. The maximum atomic E-state index is 13.5. The average molecular weight is 506 g/mol. The molecule has 2 heterocycles. The van der Waals surface area contributed by atoms with E-state index in [1.54, 1.807) is 11.8 Å². The minimum absolute atomic E-state index is 0.0518. The minimum Gasteiger partial charge on any atom is -0.481 e. The van der Waals surface area contributed by atoms with Crippen LogP contribution in [0.25, 0.3) is 0 Å². The molecule has 9 heteroatoms. The van der Waals surface area contributed by atoms with Gasteiger partial charge in [-0.15, -0.1) is 0 Å². The number of rotatable bonds is 12. The van der Waals surface area contributed by atoms with E-state index in [9.17, 15) is 14.7 Å². The van der Waals surface area contributed by atoms with Gasteiger partial charge in [0.2, 0.25) is 11.8 Å². The number of hydrogen-bond acceptors (Lipinski definition) is 7. The number of carbonyl (C=O) groups is 2. The molecule has 9 nitrogen and oxygen atoms in total. The van der Waals surface area contributed by atoms with E-state index in [-0.39, 0.29) is 30.6 Å². The van der Waals surface area contributed by atoms with Crippen LogP contribution >= 0.6 is 0 Å². The van der Waals surface area contributed by atoms with Crippen molar-refractivity contribution in [2.24, 2.45) is 17.1 Å². The molecule has 4 N–H and O–H groups in total. The molecular weight excluding hydrogens is 462 g/mol. The number of nitrogens with one attached hydrogen (secondary N) is 1. The highest BCUT2D eigenvalue weighted by atomic mass is 16.7. The van der Waals surface area contributed by atoms with Crippen LogP contribution in [0.5, 0.6) is 5.75 Å². The van der Waals surface area contributed by atoms with E-state index in [1.165, 1.54) is 0 Å². The largest absolute Gasteiger partial charge is 0.481 e. The van der Waals surface area contributed by atoms with Gasteiger partial charge in [0.25, 0.3) is 0 Å². The molecule has 0 bridgehead atoms. The van der Waals surface area contributed by atoms with Crippen LogP contribution in [0.1, 0.15) is 59.8 Å². The van der Waals surface area contributed by atoms with Crippen molar-refractivity contribution in [1.29, 1.82) is 0 Å². The van der Waals surface area contributed by atoms with Crippen molar-refractivity contribution in [3.63, 3.8) is 0 Å². The molecule has 1 saturated heterocycles. The van der Waals surface area contributed by atoms with Crippen LogP contribution in [0.2, 0.25) is 0 Å². The topological polar surface area (TPSA) is 123 Å². The standard InChI is InChI=1S/C27H43N3O6/c1-5-6-11-29-25(33)18(2)14-21(31)19(28)15-27(3,4)16-24(32)30-17-23(26-34-12-13-35-26)36-22-10-8-7-9-20(22)30/h7-10,18-19,21,23,26,31H,5-6,11-17,28H2,1-4H3,(H,29,33)/t18-,19+,21+,23?/m1/s1. The third kappa shape index (κ3) is 7.65. The molecule has 0 spiro atoms. The van der Waals surface area contributed by atoms with Gasteiger partial charge in [-0.2, -0.15) is 0 Å². The molecule has 3 rings (SSSR count). The summed E-state index contributed by atoms with van der Waals surface area (Å²) < 4.78 is 17.3. The highest BCUT2D eigenvalue weighted by molar-refractivity contribution is 5.95. The van der Waals surface area contributed by atoms with E-state index < -0.39 is 30.0 Å². The fourth-order valence-corrected chi connectivity index (χ4v) is 4.79. The molecule has 2 aliphatic rings. The van der Waals surface area contributed by atoms with Crippen LogP contribution in [0.4, 0.5) is 5.69 Å². The van der Waals surface area contributed by atoms with Gasteiger partial charge in [0.15, 0.2) is 12.4 Å². The van der Waals surface area contributed by atoms with Gasteiger partial charge in [0.1, 0.15) is 5.75 Å². The lowest BCUT2D eigenvalue weighted by molar-refractivity contribution is -0.126. The first-order valence-electron chi connectivity index (χ1n) is 13.1. The molecule has 0 radical (unpaired) electrons. The van der Waals surface area contributed by atoms with Gasteiger partial charge in [0.05, 0.1) is 31.5 Å². The van der Waals surface area contributed by atoms with E-state index in [1.807, 2.05) is 38.1 Å². The van der Waals surface area contributed by atoms with Gasteiger partial charge >= 0.3 is 0 Å². The Morgan fingerprint density at radius 1 is 1.25 bits per heavy atom. The molecule has 0 aromatic heterocycles. The second-order valence-electron chi connectivity index (χ2n) is 10.8. The molecule has 2 amide bonds. The van der Waals surface area contributed by atoms with Gasteiger partial charge in [-0.3, -0.25) is 9.59 Å². The van der Waals surface area contributed by atoms with Gasteiger partial charge in [-0.05, 0) is 36.8 Å². The Hall–Kier alpha value is -2.20. The fourth-order valence-electron chi connectivity index (χ4n) is 4.79. The number of aliphatic hydroxyl groups excluding tert-OH is 1. The number of hydrogen-bond donors (Lipinski definition) is 3. The smallest absolute Gasteiger partial charge is 0.227 e. The maximum Gasteiger partial charge on any atom is 0.227 e. The number of anilines is 1. The van der Waals surface area contributed by atoms with E-state index in [4.69, 9.17) is 19.9 Å². The molecule has 4 atom stereocenters. The highest BCUT2D eigenvalue weighted by Crippen LogP contribution is 2.37. The number of carbonyl (C=O) groups excluding carboxylic acids is 2. The number of para-hydroxylation sites is 2. The Labute approximate surface area is 214 Å². The van der Waals surface area contributed by atoms with E-state index in [0.29, 0.717) is 38.5 Å². The summed E-state index contributed by atoms with van der Waals surface area (Å²) in [5, 5.41) is 13.6. The molecule has 1 aromatic carbocycles. The van der Waals surface area contributed by atoms with Crippen molar-refractivity contribution in [2.45, 2.75) is 84.3 Å². The minimum atomic E-state index is -0.837. The number of fused-ring (bicyclic) bond motifs is 1. The number of aliphatic hydroxyl groups is 1. The molecule has 36 heavy (non-hydrogen) atoms. The van der Waals surface area contributed by atoms with Crippen LogP contribution in [0.3, 0.4) is 0 Å². The van der Waals surface area contributed by atoms with Crippen LogP contribution in [-0.4, -0.2) is 67.8 Å². The average Bonchev–Trinajstić information content (AvgIpc) is 3.37. The molecule has 2 aliphatic heterocycles. The first kappa shape index (κ1) is 28.4. The lowest BCUT2D eigenvalue weighted by Crippen LogP contribution is -2.50. The van der Waals surface area contributed by atoms with Crippen LogP contribution < -0.4 is 20.7 Å². The second kappa shape index (κ2) is 12.9. The van der Waals surface area contributed by atoms with Crippen LogP contribution in [0, 0.1) is 11.3 Å². The van der Waals surface area contributed by atoms with E-state index >= 15 is 0 Å². The van der Waals surface area contributed by atoms with Gasteiger partial charge < -0.3 is 35.3 Å². The van der Waals surface area contributed by atoms with Crippen LogP contribution in [0.15, 0.2) is 24.3 Å². The summed E-state index contributed by atoms with van der Waals surface area (Å²) in [6.45, 7) is 9.81. The molecule has 202 valence electrons. The van der Waals surface area contributed by atoms with Crippen molar-refractivity contribution < 1.29 is 28.9 Å². The molecular formula is C27H43N3O6. The fraction of sp³-hybridized carbons (Fsp3) is 0.704. The zero-order valence-corrected chi connectivity index (χ0v) is 22.1. The molecule has 1 aromatic rings. The lowest BCUT2D eigenvalue weighted by atomic mass is 9.80. The summed E-state index contributed by atoms with van der Waals surface area (Å²) in [5.74, 6) is 0.163. The van der Waals surface area contributed by atoms with Crippen molar-refractivity contribution in [3.05, 3.63) is 24.3 Å². The predicted octanol–water partition coefficient (Wildman–Crippen LogP) is 2.59. The first-order valence-corrected chi connectivity index (χ1v) is 13.1. The summed E-state index contributed by atoms with van der Waals surface area (Å²) in [7, 11) is 0. The Kier molecular flexibility index (Phi) is 10.1. The van der Waals surface area contributed by atoms with Crippen LogP contribution in [-0.2, 0) is 19.1 Å². The number of nitrogens with two attached hydrogens (primary N) is 1. The Bertz CT molecular complexity index is 873. The van der Waals surface area contributed by atoms with Crippen molar-refractivity contribution in [2.75, 3.05) is 31.2 Å². The number of ether oxygens (including phenoxy) is 3. The summed E-state index contributed by atoms with van der Waals surface area (Å²) in [4.78, 5) is 27.5.